The second kappa shape index (κ2) is 6.31. The highest BCUT2D eigenvalue weighted by molar-refractivity contribution is 9.10. The molecule has 0 aromatic rings. The van der Waals surface area contributed by atoms with Gasteiger partial charge in [0.05, 0.1) is 10.4 Å². The van der Waals surface area contributed by atoms with E-state index in [1.807, 2.05) is 6.92 Å². The lowest BCUT2D eigenvalue weighted by Crippen LogP contribution is -2.69. The molecule has 4 aliphatic rings. The first-order chi connectivity index (χ1) is 13.4. The molecule has 1 unspecified atom stereocenters. The molecular weight excluding hydrogens is 443 g/mol. The van der Waals surface area contributed by atoms with E-state index in [-0.39, 0.29) is 30.5 Å². The van der Waals surface area contributed by atoms with E-state index in [1.165, 1.54) is 12.2 Å². The second-order valence-corrected chi connectivity index (χ2v) is 11.2. The molecule has 3 saturated carbocycles. The maximum absolute atomic E-state index is 15.4. The van der Waals surface area contributed by atoms with Gasteiger partial charge in [-0.1, -0.05) is 42.8 Å². The number of aliphatic hydroxyl groups is 3. The molecule has 0 heterocycles. The molecule has 0 bridgehead atoms. The minimum Gasteiger partial charge on any atom is -0.392 e. The van der Waals surface area contributed by atoms with Crippen molar-refractivity contribution < 1.29 is 29.3 Å². The highest BCUT2D eigenvalue weighted by Crippen LogP contribution is 2.72. The van der Waals surface area contributed by atoms with Crippen LogP contribution in [0.4, 0.5) is 4.39 Å². The molecule has 5 nitrogen and oxygen atoms in total. The predicted octanol–water partition coefficient (Wildman–Crippen LogP) is 2.27. The summed E-state index contributed by atoms with van der Waals surface area (Å²) >= 11 is 3.82. The predicted molar refractivity (Wildman–Crippen MR) is 108 cm³/mol. The van der Waals surface area contributed by atoms with E-state index < -0.39 is 51.3 Å². The van der Waals surface area contributed by atoms with Crippen LogP contribution in [0.3, 0.4) is 0 Å². The average Bonchev–Trinajstić information content (AvgIpc) is 2.86. The number of alkyl halides is 2. The van der Waals surface area contributed by atoms with Gasteiger partial charge >= 0.3 is 0 Å². The van der Waals surface area contributed by atoms with Crippen LogP contribution in [-0.4, -0.2) is 55.7 Å². The molecule has 4 aliphatic carbocycles. The fourth-order valence-corrected chi connectivity index (χ4v) is 8.28. The number of aliphatic hydroxyl groups excluding tert-OH is 2. The van der Waals surface area contributed by atoms with Gasteiger partial charge in [0.15, 0.2) is 11.6 Å². The molecular formula is C22H28BrFO5. The standard InChI is InChI=1S/C22H28BrFO5/c1-11-6-13-14-8-16(24)15-7-12(26)4-5-19(15,2)21(14,23)17(27)9-20(13,3)22(11,29)18(28)10-25/h4-5,7,11,13-14,16-17,25,27,29H,6,8-10H2,1-3H3/t11-,13+,14+,16-,17+,19+,20+,21?,22+/m1/s1. The molecule has 0 aliphatic heterocycles. The zero-order chi connectivity index (χ0) is 21.6. The third-order valence-electron chi connectivity index (χ3n) is 8.78. The Morgan fingerprint density at radius 1 is 1.31 bits per heavy atom. The molecule has 0 radical (unpaired) electrons. The summed E-state index contributed by atoms with van der Waals surface area (Å²) in [5.74, 6) is -1.93. The molecule has 29 heavy (non-hydrogen) atoms. The van der Waals surface area contributed by atoms with Gasteiger partial charge in [-0.05, 0) is 54.7 Å². The molecule has 160 valence electrons. The molecule has 7 heteroatoms. The van der Waals surface area contributed by atoms with Crippen LogP contribution in [0.1, 0.15) is 40.0 Å². The van der Waals surface area contributed by atoms with Crippen LogP contribution in [0.25, 0.3) is 0 Å². The van der Waals surface area contributed by atoms with Crippen molar-refractivity contribution in [2.24, 2.45) is 28.6 Å². The first-order valence-electron chi connectivity index (χ1n) is 10.2. The Bertz CT molecular complexity index is 841. The van der Waals surface area contributed by atoms with E-state index in [2.05, 4.69) is 15.9 Å². The summed E-state index contributed by atoms with van der Waals surface area (Å²) in [4.78, 5) is 24.5. The van der Waals surface area contributed by atoms with Gasteiger partial charge in [-0.3, -0.25) is 9.59 Å². The highest BCUT2D eigenvalue weighted by atomic mass is 79.9. The summed E-state index contributed by atoms with van der Waals surface area (Å²) in [6.45, 7) is 4.63. The van der Waals surface area contributed by atoms with Gasteiger partial charge in [-0.2, -0.15) is 0 Å². The van der Waals surface area contributed by atoms with Gasteiger partial charge in [0.2, 0.25) is 0 Å². The van der Waals surface area contributed by atoms with Crippen LogP contribution in [0.2, 0.25) is 0 Å². The maximum atomic E-state index is 15.4. The number of hydrogen-bond donors (Lipinski definition) is 3. The van der Waals surface area contributed by atoms with Crippen molar-refractivity contribution in [3.8, 4) is 0 Å². The van der Waals surface area contributed by atoms with E-state index in [0.29, 0.717) is 12.0 Å². The van der Waals surface area contributed by atoms with E-state index in [0.717, 1.165) is 0 Å². The van der Waals surface area contributed by atoms with E-state index >= 15 is 4.39 Å². The Balaban J connectivity index is 1.87. The van der Waals surface area contributed by atoms with Gasteiger partial charge in [0.25, 0.3) is 0 Å². The van der Waals surface area contributed by atoms with Crippen LogP contribution in [0, 0.1) is 28.6 Å². The van der Waals surface area contributed by atoms with Gasteiger partial charge < -0.3 is 15.3 Å². The fraction of sp³-hybridized carbons (Fsp3) is 0.727. The fourth-order valence-electron chi connectivity index (χ4n) is 7.25. The van der Waals surface area contributed by atoms with E-state index in [4.69, 9.17) is 0 Å². The third kappa shape index (κ3) is 2.31. The number of carbonyl (C=O) groups excluding carboxylic acids is 2. The Morgan fingerprint density at radius 2 is 1.97 bits per heavy atom. The summed E-state index contributed by atoms with van der Waals surface area (Å²) in [5, 5.41) is 32.4. The first kappa shape index (κ1) is 21.3. The SMILES string of the molecule is C[C@@H]1C[C@H]2[C@@H]3C[C@@H](F)C4=CC(=O)C=C[C@]4(C)C3(Br)[C@@H](O)C[C@]2(C)[C@@]1(O)C(=O)CO. The average molecular weight is 471 g/mol. The molecule has 0 aromatic carbocycles. The monoisotopic (exact) mass is 470 g/mol. The topological polar surface area (TPSA) is 94.8 Å². The number of ketones is 2. The van der Waals surface area contributed by atoms with Crippen molar-refractivity contribution in [2.75, 3.05) is 6.61 Å². The summed E-state index contributed by atoms with van der Waals surface area (Å²) in [6.07, 6.45) is 2.83. The minimum atomic E-state index is -1.77. The number of Topliss-reactive ketones (excluding diaryl/α,β-unsaturated/α-hetero) is 1. The smallest absolute Gasteiger partial charge is 0.190 e. The minimum absolute atomic E-state index is 0.0984. The molecule has 0 spiro atoms. The Morgan fingerprint density at radius 3 is 2.59 bits per heavy atom. The van der Waals surface area contributed by atoms with Crippen molar-refractivity contribution in [2.45, 2.75) is 62.2 Å². The Hall–Kier alpha value is -0.890. The largest absolute Gasteiger partial charge is 0.392 e. The van der Waals surface area contributed by atoms with E-state index in [1.54, 1.807) is 19.9 Å². The zero-order valence-electron chi connectivity index (χ0n) is 16.9. The lowest BCUT2D eigenvalue weighted by atomic mass is 9.45. The number of rotatable bonds is 2. The van der Waals surface area contributed by atoms with Crippen LogP contribution < -0.4 is 0 Å². The van der Waals surface area contributed by atoms with Crippen LogP contribution >= 0.6 is 15.9 Å². The van der Waals surface area contributed by atoms with Gasteiger partial charge in [-0.15, -0.1) is 0 Å². The number of hydrogen-bond acceptors (Lipinski definition) is 5. The number of carbonyl (C=O) groups is 2. The zero-order valence-corrected chi connectivity index (χ0v) is 18.4. The number of halogens is 2. The second-order valence-electron chi connectivity index (χ2n) is 9.84. The first-order valence-corrected chi connectivity index (χ1v) is 11.0. The third-order valence-corrected chi connectivity index (χ3v) is 10.7. The summed E-state index contributed by atoms with van der Waals surface area (Å²) in [7, 11) is 0. The van der Waals surface area contributed by atoms with Gasteiger partial charge in [-0.25, -0.2) is 4.39 Å². The van der Waals surface area contributed by atoms with Crippen LogP contribution in [0.5, 0.6) is 0 Å². The molecule has 0 amide bonds. The summed E-state index contributed by atoms with van der Waals surface area (Å²) in [6, 6.07) is 0. The van der Waals surface area contributed by atoms with Crippen molar-refractivity contribution in [3.63, 3.8) is 0 Å². The maximum Gasteiger partial charge on any atom is 0.190 e. The van der Waals surface area contributed by atoms with Crippen molar-refractivity contribution in [3.05, 3.63) is 23.8 Å². The summed E-state index contributed by atoms with van der Waals surface area (Å²) < 4.78 is 14.4. The van der Waals surface area contributed by atoms with Crippen LogP contribution in [-0.2, 0) is 9.59 Å². The Labute approximate surface area is 178 Å². The van der Waals surface area contributed by atoms with Crippen molar-refractivity contribution in [1.82, 2.24) is 0 Å². The molecule has 0 saturated heterocycles. The lowest BCUT2D eigenvalue weighted by Gasteiger charge is -2.64. The Kier molecular flexibility index (Phi) is 4.65. The van der Waals surface area contributed by atoms with Crippen molar-refractivity contribution >= 4 is 27.5 Å². The molecule has 3 N–H and O–H groups in total. The molecule has 4 rings (SSSR count). The van der Waals surface area contributed by atoms with Gasteiger partial charge in [0, 0.05) is 10.8 Å². The van der Waals surface area contributed by atoms with Gasteiger partial charge in [0.1, 0.15) is 18.4 Å². The quantitative estimate of drug-likeness (QED) is 0.538. The van der Waals surface area contributed by atoms with E-state index in [9.17, 15) is 24.9 Å². The van der Waals surface area contributed by atoms with Crippen LogP contribution in [0.15, 0.2) is 23.8 Å². The van der Waals surface area contributed by atoms with Crippen molar-refractivity contribution in [1.29, 1.82) is 0 Å². The summed E-state index contributed by atoms with van der Waals surface area (Å²) in [5.41, 5.74) is -3.30. The molecule has 3 fully saturated rings. The highest BCUT2D eigenvalue weighted by Gasteiger charge is 2.75. The molecule has 9 atom stereocenters. The molecule has 0 aromatic heterocycles. The lowest BCUT2D eigenvalue weighted by molar-refractivity contribution is -0.179. The normalized spacial score (nSPS) is 53.7. The number of allylic oxidation sites excluding steroid dienone is 4. The number of fused-ring (bicyclic) bond motifs is 5.